The van der Waals surface area contributed by atoms with Gasteiger partial charge in [0.25, 0.3) is 0 Å². The van der Waals surface area contributed by atoms with Gasteiger partial charge in [-0.05, 0) is 57.3 Å². The summed E-state index contributed by atoms with van der Waals surface area (Å²) in [7, 11) is 0. The van der Waals surface area contributed by atoms with Crippen molar-refractivity contribution < 1.29 is 25.9 Å². The number of nitrogens with one attached hydrogen (secondary N) is 1. The Morgan fingerprint density at radius 2 is 1.86 bits per heavy atom. The highest BCUT2D eigenvalue weighted by Crippen LogP contribution is 2.42. The van der Waals surface area contributed by atoms with Gasteiger partial charge < -0.3 is 9.88 Å². The Morgan fingerprint density at radius 1 is 1.19 bits per heavy atom. The number of amides is 1. The van der Waals surface area contributed by atoms with E-state index >= 15 is 0 Å². The summed E-state index contributed by atoms with van der Waals surface area (Å²) in [6.07, 6.45) is -5.87. The van der Waals surface area contributed by atoms with Crippen molar-refractivity contribution in [1.29, 1.82) is 0 Å². The van der Waals surface area contributed by atoms with Crippen LogP contribution in [0, 0.1) is 12.7 Å². The van der Waals surface area contributed by atoms with E-state index < -0.39 is 62.1 Å². The van der Waals surface area contributed by atoms with Crippen molar-refractivity contribution in [2.75, 3.05) is 6.54 Å². The van der Waals surface area contributed by atoms with E-state index in [1.807, 2.05) is 0 Å². The predicted molar refractivity (Wildman–Crippen MR) is 139 cm³/mol. The molecule has 3 fully saturated rings. The molecule has 8 heteroatoms. The van der Waals surface area contributed by atoms with Crippen molar-refractivity contribution in [3.63, 3.8) is 0 Å². The quantitative estimate of drug-likeness (QED) is 0.465. The van der Waals surface area contributed by atoms with Crippen LogP contribution in [0.5, 0.6) is 0 Å². The number of hydrogen-bond donors (Lipinski definition) is 1. The number of piperidine rings is 1. The fourth-order valence-electron chi connectivity index (χ4n) is 6.04. The number of fused-ring (bicyclic) bond motifs is 2. The zero-order chi connectivity index (χ0) is 34.1. The maximum Gasteiger partial charge on any atom is 0.248 e. The van der Waals surface area contributed by atoms with Gasteiger partial charge >= 0.3 is 0 Å². The summed E-state index contributed by atoms with van der Waals surface area (Å²) >= 11 is 0. The van der Waals surface area contributed by atoms with Crippen LogP contribution < -0.4 is 5.32 Å². The molecular formula is C29H41F2N5O. The molecule has 1 aliphatic carbocycles. The molecule has 3 heterocycles. The molecule has 1 saturated carbocycles. The Morgan fingerprint density at radius 3 is 2.49 bits per heavy atom. The number of aryl methyl sites for hydroxylation is 1. The largest absolute Gasteiger partial charge is 0.349 e. The molecule has 0 spiro atoms. The highest BCUT2D eigenvalue weighted by molar-refractivity contribution is 5.79. The number of alkyl halides is 2. The summed E-state index contributed by atoms with van der Waals surface area (Å²) < 4.78 is 104. The van der Waals surface area contributed by atoms with Crippen LogP contribution in [-0.2, 0) is 4.79 Å². The van der Waals surface area contributed by atoms with Gasteiger partial charge in [0.05, 0.1) is 6.04 Å². The van der Waals surface area contributed by atoms with Gasteiger partial charge in [-0.2, -0.15) is 0 Å². The third kappa shape index (κ3) is 5.74. The zero-order valence-corrected chi connectivity index (χ0v) is 21.3. The van der Waals surface area contributed by atoms with Gasteiger partial charge in [0, 0.05) is 61.6 Å². The van der Waals surface area contributed by atoms with E-state index in [9.17, 15) is 13.6 Å². The molecule has 3 unspecified atom stereocenters. The lowest BCUT2D eigenvalue weighted by Gasteiger charge is -2.40. The lowest BCUT2D eigenvalue weighted by molar-refractivity contribution is -0.130. The molecule has 202 valence electrons. The van der Waals surface area contributed by atoms with Crippen molar-refractivity contribution in [2.24, 2.45) is 5.89 Å². The highest BCUT2D eigenvalue weighted by Gasteiger charge is 2.42. The Balaban J connectivity index is 1.36. The Hall–Kier alpha value is -2.35. The first kappa shape index (κ1) is 17.3. The van der Waals surface area contributed by atoms with Crippen LogP contribution in [0.3, 0.4) is 0 Å². The van der Waals surface area contributed by atoms with Crippen LogP contribution in [0.1, 0.15) is 119 Å². The monoisotopic (exact) mass is 522 g/mol. The van der Waals surface area contributed by atoms with E-state index in [0.29, 0.717) is 37.2 Å². The number of nitrogens with zero attached hydrogens (tertiary/aromatic N) is 4. The van der Waals surface area contributed by atoms with Gasteiger partial charge in [-0.1, -0.05) is 44.2 Å². The lowest BCUT2D eigenvalue weighted by atomic mass is 9.86. The summed E-state index contributed by atoms with van der Waals surface area (Å²) in [5, 5.41) is 10.8. The fourth-order valence-corrected chi connectivity index (χ4v) is 6.04. The summed E-state index contributed by atoms with van der Waals surface area (Å²) in [6, 6.07) is 7.97. The van der Waals surface area contributed by atoms with Crippen molar-refractivity contribution in [3.05, 3.63) is 47.5 Å². The number of aromatic nitrogens is 3. The maximum atomic E-state index is 14.3. The molecule has 2 aromatic rings. The topological polar surface area (TPSA) is 63.1 Å². The number of rotatable bonds is 8. The second-order valence-corrected chi connectivity index (χ2v) is 10.6. The van der Waals surface area contributed by atoms with Gasteiger partial charge in [-0.15, -0.1) is 10.2 Å². The number of halogens is 2. The standard InChI is InChI=1S/C29H41F2N5O/c1-19(2)27-34-33-20(3)36(27)25-17-23-9-10-24(18-25)35(23)16-13-26(21-7-5-4-6-8-21)32-28(37)22-11-14-29(30,31)15-12-22/h4-8,19,22-26H,9-18H2,1-3H3,(H,32,37)/i3D3,11D2,12D2,19D,22D. The molecule has 0 radical (unpaired) electrons. The number of benzene rings is 1. The van der Waals surface area contributed by atoms with E-state index in [1.165, 1.54) is 0 Å². The normalized spacial score (nSPS) is 34.7. The maximum absolute atomic E-state index is 14.3. The lowest BCUT2D eigenvalue weighted by Crippen LogP contribution is -2.45. The summed E-state index contributed by atoms with van der Waals surface area (Å²) in [5.74, 6) is -9.07. The predicted octanol–water partition coefficient (Wildman–Crippen LogP) is 5.95. The molecule has 1 N–H and O–H groups in total. The van der Waals surface area contributed by atoms with E-state index in [1.54, 1.807) is 48.7 Å². The SMILES string of the molecule is [2H]C([2H])([2H])c1nnc(C([2H])(C)C)n1C1CC2CCC(C1)N2CCC(NC(=O)C1([2H])C([2H])([2H])CC(F)(F)CC1([2H])[2H])c1ccccc1. The summed E-state index contributed by atoms with van der Waals surface area (Å²) in [5.41, 5.74) is 0.651. The Kier molecular flexibility index (Phi) is 5.04. The van der Waals surface area contributed by atoms with E-state index in [4.69, 9.17) is 12.3 Å². The van der Waals surface area contributed by atoms with E-state index in [2.05, 4.69) is 20.4 Å². The smallest absolute Gasteiger partial charge is 0.248 e. The van der Waals surface area contributed by atoms with Gasteiger partial charge in [-0.3, -0.25) is 9.69 Å². The molecule has 2 saturated heterocycles. The van der Waals surface area contributed by atoms with Gasteiger partial charge in [0.15, 0.2) is 0 Å². The second-order valence-electron chi connectivity index (χ2n) is 10.6. The molecule has 1 aromatic heterocycles. The minimum absolute atomic E-state index is 0.0655. The first-order valence-corrected chi connectivity index (χ1v) is 13.0. The molecule has 3 atom stereocenters. The van der Waals surface area contributed by atoms with Gasteiger partial charge in [0.1, 0.15) is 11.6 Å². The minimum atomic E-state index is -3.70. The second kappa shape index (κ2) is 10.8. The molecule has 1 amide bonds. The first-order chi connectivity index (χ1) is 21.1. The van der Waals surface area contributed by atoms with E-state index in [0.717, 1.165) is 12.8 Å². The van der Waals surface area contributed by atoms with Crippen LogP contribution in [-0.4, -0.2) is 50.1 Å². The van der Waals surface area contributed by atoms with Crippen LogP contribution >= 0.6 is 0 Å². The number of carbonyl (C=O) groups is 1. The van der Waals surface area contributed by atoms with Crippen LogP contribution in [0.2, 0.25) is 0 Å². The molecule has 6 nitrogen and oxygen atoms in total. The number of carbonyl (C=O) groups excluding carboxylic acids is 1. The third-order valence-electron chi connectivity index (χ3n) is 7.83. The van der Waals surface area contributed by atoms with Crippen molar-refractivity contribution >= 4 is 5.91 Å². The van der Waals surface area contributed by atoms with Gasteiger partial charge in [0.2, 0.25) is 11.8 Å². The van der Waals surface area contributed by atoms with Crippen molar-refractivity contribution in [2.45, 2.75) is 114 Å². The van der Waals surface area contributed by atoms with Crippen molar-refractivity contribution in [1.82, 2.24) is 25.0 Å². The molecule has 2 bridgehead atoms. The van der Waals surface area contributed by atoms with E-state index in [-0.39, 0.29) is 23.9 Å². The number of hydrogen-bond acceptors (Lipinski definition) is 4. The van der Waals surface area contributed by atoms with Gasteiger partial charge in [-0.25, -0.2) is 8.78 Å². The molecule has 2 aliphatic heterocycles. The molecule has 37 heavy (non-hydrogen) atoms. The highest BCUT2D eigenvalue weighted by atomic mass is 19.3. The van der Waals surface area contributed by atoms with Crippen LogP contribution in [0.15, 0.2) is 30.3 Å². The Labute approximate surface area is 231 Å². The minimum Gasteiger partial charge on any atom is -0.349 e. The zero-order valence-electron chi connectivity index (χ0n) is 30.3. The average molecular weight is 523 g/mol. The molecular weight excluding hydrogens is 472 g/mol. The van der Waals surface area contributed by atoms with Crippen LogP contribution in [0.4, 0.5) is 8.78 Å². The fraction of sp³-hybridized carbons (Fsp3) is 0.690. The molecule has 5 rings (SSSR count). The Bertz CT molecular complexity index is 1360. The van der Waals surface area contributed by atoms with Crippen molar-refractivity contribution in [3.8, 4) is 0 Å². The molecule has 1 aromatic carbocycles. The summed E-state index contributed by atoms with van der Waals surface area (Å²) in [6.45, 7) is 1.28. The first-order valence-electron chi connectivity index (χ1n) is 17.5. The summed E-state index contributed by atoms with van der Waals surface area (Å²) in [4.78, 5) is 15.9. The van der Waals surface area contributed by atoms with Crippen LogP contribution in [0.25, 0.3) is 0 Å². The third-order valence-corrected chi connectivity index (χ3v) is 7.83. The average Bonchev–Trinajstić information content (AvgIpc) is 3.47. The molecule has 3 aliphatic rings.